The van der Waals surface area contributed by atoms with Crippen molar-refractivity contribution in [3.63, 3.8) is 0 Å². The molecule has 3 nitrogen and oxygen atoms in total. The molecular weight excluding hydrogens is 245 g/mol. The number of nitrogens with zero attached hydrogens (tertiary/aromatic N) is 1. The van der Waals surface area contributed by atoms with Gasteiger partial charge in [0.15, 0.2) is 0 Å². The molecule has 0 spiro atoms. The molecule has 0 aromatic heterocycles. The summed E-state index contributed by atoms with van der Waals surface area (Å²) in [7, 11) is 0. The molecule has 0 aliphatic rings. The Morgan fingerprint density at radius 3 is 2.74 bits per heavy atom. The minimum Gasteiger partial charge on any atom is -0.478 e. The van der Waals surface area contributed by atoms with E-state index < -0.39 is 5.97 Å². The quantitative estimate of drug-likeness (QED) is 0.632. The molecule has 0 unspecified atom stereocenters. The molecule has 0 saturated heterocycles. The molecule has 0 bridgehead atoms. The lowest BCUT2D eigenvalue weighted by Gasteiger charge is -2.25. The smallest absolute Gasteiger partial charge is 0.328 e. The lowest BCUT2D eigenvalue weighted by Crippen LogP contribution is -2.26. The molecule has 0 saturated carbocycles. The zero-order valence-electron chi connectivity index (χ0n) is 11.2. The van der Waals surface area contributed by atoms with Crippen LogP contribution in [0.4, 0.5) is 10.1 Å². The number of anilines is 1. The van der Waals surface area contributed by atoms with E-state index in [1.165, 1.54) is 12.1 Å². The normalized spacial score (nSPS) is 10.7. The maximum atomic E-state index is 14.0. The predicted molar refractivity (Wildman–Crippen MR) is 75.8 cm³/mol. The van der Waals surface area contributed by atoms with Gasteiger partial charge in [0.2, 0.25) is 0 Å². The van der Waals surface area contributed by atoms with Gasteiger partial charge >= 0.3 is 5.97 Å². The summed E-state index contributed by atoms with van der Waals surface area (Å²) >= 11 is 0. The molecule has 0 amide bonds. The Bertz CT molecular complexity index is 509. The van der Waals surface area contributed by atoms with E-state index in [9.17, 15) is 9.18 Å². The minimum absolute atomic E-state index is 0.365. The summed E-state index contributed by atoms with van der Waals surface area (Å²) in [5.74, 6) is -1.42. The van der Waals surface area contributed by atoms with Crippen molar-refractivity contribution in [2.45, 2.75) is 13.8 Å². The van der Waals surface area contributed by atoms with Crippen LogP contribution in [0.5, 0.6) is 0 Å². The second-order valence-corrected chi connectivity index (χ2v) is 4.32. The second-order valence-electron chi connectivity index (χ2n) is 4.32. The van der Waals surface area contributed by atoms with Gasteiger partial charge in [-0.25, -0.2) is 9.18 Å². The molecular formula is C15H18FNO2. The second kappa shape index (κ2) is 6.73. The Balaban J connectivity index is 3.22. The zero-order valence-corrected chi connectivity index (χ0v) is 11.2. The van der Waals surface area contributed by atoms with Crippen molar-refractivity contribution in [2.75, 3.05) is 18.0 Å². The number of hydrogen-bond acceptors (Lipinski definition) is 2. The van der Waals surface area contributed by atoms with E-state index in [0.29, 0.717) is 24.3 Å². The highest BCUT2D eigenvalue weighted by molar-refractivity contribution is 5.87. The van der Waals surface area contributed by atoms with Crippen LogP contribution in [0.15, 0.2) is 36.4 Å². The van der Waals surface area contributed by atoms with Crippen LogP contribution in [0.3, 0.4) is 0 Å². The molecule has 0 aliphatic carbocycles. The van der Waals surface area contributed by atoms with Gasteiger partial charge in [0, 0.05) is 24.7 Å². The van der Waals surface area contributed by atoms with Gasteiger partial charge in [-0.05, 0) is 26.0 Å². The molecule has 1 rings (SSSR count). The van der Waals surface area contributed by atoms with Gasteiger partial charge in [-0.15, -0.1) is 0 Å². The summed E-state index contributed by atoms with van der Waals surface area (Å²) in [6.45, 7) is 8.76. The van der Waals surface area contributed by atoms with Crippen molar-refractivity contribution in [3.05, 3.63) is 47.8 Å². The fourth-order valence-corrected chi connectivity index (χ4v) is 1.84. The number of benzene rings is 1. The maximum absolute atomic E-state index is 14.0. The average molecular weight is 263 g/mol. The Kier molecular flexibility index (Phi) is 5.30. The monoisotopic (exact) mass is 263 g/mol. The molecule has 4 heteroatoms. The Morgan fingerprint density at radius 1 is 1.53 bits per heavy atom. The van der Waals surface area contributed by atoms with Crippen molar-refractivity contribution < 1.29 is 14.3 Å². The molecule has 1 aromatic carbocycles. The van der Waals surface area contributed by atoms with Crippen molar-refractivity contribution in [1.29, 1.82) is 0 Å². The summed E-state index contributed by atoms with van der Waals surface area (Å²) in [5, 5.41) is 8.67. The van der Waals surface area contributed by atoms with E-state index in [0.717, 1.165) is 11.6 Å². The van der Waals surface area contributed by atoms with Gasteiger partial charge in [0.1, 0.15) is 5.82 Å². The van der Waals surface area contributed by atoms with Gasteiger partial charge < -0.3 is 10.0 Å². The van der Waals surface area contributed by atoms with E-state index in [1.54, 1.807) is 12.1 Å². The molecule has 0 fully saturated rings. The first-order valence-corrected chi connectivity index (χ1v) is 6.04. The van der Waals surface area contributed by atoms with Crippen molar-refractivity contribution in [2.24, 2.45) is 0 Å². The third-order valence-corrected chi connectivity index (χ3v) is 2.58. The largest absolute Gasteiger partial charge is 0.478 e. The summed E-state index contributed by atoms with van der Waals surface area (Å²) in [4.78, 5) is 12.4. The Labute approximate surface area is 112 Å². The highest BCUT2D eigenvalue weighted by Gasteiger charge is 2.13. The van der Waals surface area contributed by atoms with Crippen LogP contribution in [0.25, 0.3) is 6.08 Å². The average Bonchev–Trinajstić information content (AvgIpc) is 2.33. The highest BCUT2D eigenvalue weighted by atomic mass is 19.1. The summed E-state index contributed by atoms with van der Waals surface area (Å²) in [5.41, 5.74) is 1.87. The third kappa shape index (κ3) is 4.25. The van der Waals surface area contributed by atoms with Crippen LogP contribution < -0.4 is 4.90 Å². The number of likely N-dealkylation sites (N-methyl/N-ethyl adjacent to an activating group) is 1. The first-order chi connectivity index (χ1) is 8.95. The molecule has 0 radical (unpaired) electrons. The van der Waals surface area contributed by atoms with Gasteiger partial charge in [-0.2, -0.15) is 0 Å². The first-order valence-electron chi connectivity index (χ1n) is 6.04. The number of aliphatic carboxylic acids is 1. The van der Waals surface area contributed by atoms with Gasteiger partial charge in [0.05, 0.1) is 5.69 Å². The van der Waals surface area contributed by atoms with Crippen molar-refractivity contribution >= 4 is 17.7 Å². The van der Waals surface area contributed by atoms with E-state index >= 15 is 0 Å². The third-order valence-electron chi connectivity index (χ3n) is 2.58. The van der Waals surface area contributed by atoms with Crippen LogP contribution in [-0.2, 0) is 4.79 Å². The number of hydrogen-bond donors (Lipinski definition) is 1. The molecule has 0 atom stereocenters. The summed E-state index contributed by atoms with van der Waals surface area (Å²) < 4.78 is 14.0. The zero-order chi connectivity index (χ0) is 14.4. The first kappa shape index (κ1) is 15.0. The fraction of sp³-hybridized carbons (Fsp3) is 0.267. The molecule has 1 N–H and O–H groups in total. The minimum atomic E-state index is -1.06. The van der Waals surface area contributed by atoms with Gasteiger partial charge in [-0.3, -0.25) is 0 Å². The van der Waals surface area contributed by atoms with Crippen LogP contribution in [-0.4, -0.2) is 24.2 Å². The number of carboxylic acid groups (broad SMARTS) is 1. The van der Waals surface area contributed by atoms with Crippen LogP contribution in [0, 0.1) is 5.82 Å². The molecule has 1 aromatic rings. The number of para-hydroxylation sites is 1. The maximum Gasteiger partial charge on any atom is 0.328 e. The Hall–Kier alpha value is -2.10. The summed E-state index contributed by atoms with van der Waals surface area (Å²) in [6, 6.07) is 4.63. The molecule has 19 heavy (non-hydrogen) atoms. The van der Waals surface area contributed by atoms with Crippen molar-refractivity contribution in [1.82, 2.24) is 0 Å². The predicted octanol–water partition coefficient (Wildman–Crippen LogP) is 3.33. The SMILES string of the molecule is C=C(C)CN(CC)c1c(F)cccc1/C=C/C(=O)O. The van der Waals surface area contributed by atoms with Gasteiger partial charge in [-0.1, -0.05) is 24.3 Å². The molecule has 0 aliphatic heterocycles. The van der Waals surface area contributed by atoms with Crippen molar-refractivity contribution in [3.8, 4) is 0 Å². The molecule has 102 valence electrons. The van der Waals surface area contributed by atoms with Crippen LogP contribution >= 0.6 is 0 Å². The topological polar surface area (TPSA) is 40.5 Å². The van der Waals surface area contributed by atoms with E-state index in [2.05, 4.69) is 6.58 Å². The lowest BCUT2D eigenvalue weighted by atomic mass is 10.1. The highest BCUT2D eigenvalue weighted by Crippen LogP contribution is 2.26. The van der Waals surface area contributed by atoms with E-state index in [4.69, 9.17) is 5.11 Å². The number of rotatable bonds is 6. The van der Waals surface area contributed by atoms with Crippen LogP contribution in [0.1, 0.15) is 19.4 Å². The number of halogens is 1. The van der Waals surface area contributed by atoms with E-state index in [1.807, 2.05) is 18.7 Å². The standard InChI is InChI=1S/C15H18FNO2/c1-4-17(10-11(2)3)15-12(8-9-14(18)19)6-5-7-13(15)16/h5-9H,2,4,10H2,1,3H3,(H,18,19)/b9-8+. The number of carboxylic acids is 1. The number of carbonyl (C=O) groups is 1. The molecule has 0 heterocycles. The van der Waals surface area contributed by atoms with Gasteiger partial charge in [0.25, 0.3) is 0 Å². The Morgan fingerprint density at radius 2 is 2.21 bits per heavy atom. The van der Waals surface area contributed by atoms with E-state index in [-0.39, 0.29) is 5.82 Å². The lowest BCUT2D eigenvalue weighted by molar-refractivity contribution is -0.131. The van der Waals surface area contributed by atoms with Crippen LogP contribution in [0.2, 0.25) is 0 Å². The fourth-order valence-electron chi connectivity index (χ4n) is 1.84. The summed E-state index contributed by atoms with van der Waals surface area (Å²) in [6.07, 6.45) is 2.41.